The molecule has 0 fully saturated rings. The van der Waals surface area contributed by atoms with Crippen LogP contribution in [0.1, 0.15) is 38.5 Å². The van der Waals surface area contributed by atoms with Crippen molar-refractivity contribution < 1.29 is 23.5 Å². The highest BCUT2D eigenvalue weighted by Gasteiger charge is 2.16. The first kappa shape index (κ1) is 18.8. The number of carbonyl (C=O) groups is 2. The Morgan fingerprint density at radius 2 is 1.96 bits per heavy atom. The van der Waals surface area contributed by atoms with Crippen molar-refractivity contribution >= 4 is 23.1 Å². The molecule has 2 aromatic heterocycles. The lowest BCUT2D eigenvalue weighted by atomic mass is 10.2. The molecule has 0 saturated carbocycles. The normalized spacial score (nSPS) is 10.6. The van der Waals surface area contributed by atoms with Gasteiger partial charge in [0.25, 0.3) is 0 Å². The van der Waals surface area contributed by atoms with Crippen molar-refractivity contribution in [2.24, 2.45) is 7.05 Å². The summed E-state index contributed by atoms with van der Waals surface area (Å²) in [5, 5.41) is 2.49. The average Bonchev–Trinajstić information content (AvgIpc) is 3.26. The summed E-state index contributed by atoms with van der Waals surface area (Å²) in [7, 11) is 1.68. The summed E-state index contributed by atoms with van der Waals surface area (Å²) >= 11 is 1.38. The van der Waals surface area contributed by atoms with E-state index in [-0.39, 0.29) is 24.8 Å². The average molecular weight is 388 g/mol. The Labute approximate surface area is 159 Å². The Balaban J connectivity index is 1.54. The molecule has 6 nitrogen and oxygen atoms in total. The zero-order chi connectivity index (χ0) is 19.4. The number of benzene rings is 1. The number of ketones is 1. The second kappa shape index (κ2) is 8.13. The van der Waals surface area contributed by atoms with Crippen LogP contribution in [0.15, 0.2) is 41.9 Å². The molecule has 2 heterocycles. The quantitative estimate of drug-likeness (QED) is 0.455. The summed E-state index contributed by atoms with van der Waals surface area (Å²) in [4.78, 5) is 27.9. The number of aromatic nitrogens is 2. The predicted octanol–water partition coefficient (Wildman–Crippen LogP) is 3.76. The largest absolute Gasteiger partial charge is 0.486 e. The van der Waals surface area contributed by atoms with Crippen LogP contribution in [-0.4, -0.2) is 21.3 Å². The van der Waals surface area contributed by atoms with Crippen LogP contribution in [0.4, 0.5) is 4.39 Å². The SMILES string of the molecule is CC(=O)c1cc(C(=O)OCc2csc(COc3ccc(F)cc3)n2)n(C)c1. The first-order chi connectivity index (χ1) is 12.9. The van der Waals surface area contributed by atoms with Gasteiger partial charge in [0.05, 0.1) is 5.69 Å². The maximum Gasteiger partial charge on any atom is 0.355 e. The van der Waals surface area contributed by atoms with Gasteiger partial charge in [0.15, 0.2) is 5.78 Å². The van der Waals surface area contributed by atoms with Crippen LogP contribution in [0, 0.1) is 5.82 Å². The lowest BCUT2D eigenvalue weighted by Gasteiger charge is -2.04. The highest BCUT2D eigenvalue weighted by Crippen LogP contribution is 2.17. The van der Waals surface area contributed by atoms with E-state index in [1.807, 2.05) is 0 Å². The number of thiazole rings is 1. The van der Waals surface area contributed by atoms with Gasteiger partial charge in [-0.1, -0.05) is 0 Å². The van der Waals surface area contributed by atoms with Gasteiger partial charge in [-0.2, -0.15) is 0 Å². The molecule has 1 aromatic carbocycles. The van der Waals surface area contributed by atoms with Gasteiger partial charge in [-0.25, -0.2) is 14.2 Å². The molecular formula is C19H17FN2O4S. The molecule has 3 rings (SSSR count). The van der Waals surface area contributed by atoms with Crippen LogP contribution < -0.4 is 4.74 Å². The molecule has 27 heavy (non-hydrogen) atoms. The summed E-state index contributed by atoms with van der Waals surface area (Å²) in [6, 6.07) is 7.24. The molecular weight excluding hydrogens is 371 g/mol. The summed E-state index contributed by atoms with van der Waals surface area (Å²) in [5.74, 6) is -0.420. The first-order valence-electron chi connectivity index (χ1n) is 8.08. The van der Waals surface area contributed by atoms with E-state index < -0.39 is 5.97 Å². The molecule has 0 unspecified atom stereocenters. The number of ether oxygens (including phenoxy) is 2. The van der Waals surface area contributed by atoms with Crippen LogP contribution in [0.3, 0.4) is 0 Å². The lowest BCUT2D eigenvalue weighted by molar-refractivity contribution is 0.0457. The minimum atomic E-state index is -0.526. The fourth-order valence-electron chi connectivity index (χ4n) is 2.33. The Kier molecular flexibility index (Phi) is 5.66. The van der Waals surface area contributed by atoms with Gasteiger partial charge in [-0.15, -0.1) is 11.3 Å². The van der Waals surface area contributed by atoms with Gasteiger partial charge in [0, 0.05) is 24.2 Å². The molecule has 0 spiro atoms. The highest BCUT2D eigenvalue weighted by atomic mass is 32.1. The number of aryl methyl sites for hydroxylation is 1. The summed E-state index contributed by atoms with van der Waals surface area (Å²) < 4.78 is 25.2. The van der Waals surface area contributed by atoms with E-state index in [2.05, 4.69) is 4.98 Å². The number of esters is 1. The number of hydrogen-bond acceptors (Lipinski definition) is 6. The Morgan fingerprint density at radius 3 is 2.63 bits per heavy atom. The van der Waals surface area contributed by atoms with Crippen molar-refractivity contribution in [1.82, 2.24) is 9.55 Å². The molecule has 0 N–H and O–H groups in total. The van der Waals surface area contributed by atoms with Crippen LogP contribution in [0.5, 0.6) is 5.75 Å². The van der Waals surface area contributed by atoms with Crippen LogP contribution in [-0.2, 0) is 25.0 Å². The van der Waals surface area contributed by atoms with Crippen molar-refractivity contribution in [1.29, 1.82) is 0 Å². The lowest BCUT2D eigenvalue weighted by Crippen LogP contribution is -2.09. The van der Waals surface area contributed by atoms with Gasteiger partial charge in [-0.05, 0) is 37.3 Å². The molecule has 0 aliphatic heterocycles. The van der Waals surface area contributed by atoms with Crippen molar-refractivity contribution in [3.05, 3.63) is 69.7 Å². The van der Waals surface area contributed by atoms with Crippen molar-refractivity contribution in [3.63, 3.8) is 0 Å². The van der Waals surface area contributed by atoms with Crippen molar-refractivity contribution in [2.45, 2.75) is 20.1 Å². The van der Waals surface area contributed by atoms with E-state index in [0.717, 1.165) is 0 Å². The number of halogens is 1. The maximum absolute atomic E-state index is 12.9. The number of hydrogen-bond donors (Lipinski definition) is 0. The number of Topliss-reactive ketones (excluding diaryl/α,β-unsaturated/α-hetero) is 1. The van der Waals surface area contributed by atoms with Gasteiger partial charge >= 0.3 is 5.97 Å². The van der Waals surface area contributed by atoms with E-state index >= 15 is 0 Å². The standard InChI is InChI=1S/C19H17FN2O4S/c1-12(23)13-7-17(22(2)8-13)19(24)26-9-15-11-27-18(21-15)10-25-16-5-3-14(20)4-6-16/h3-8,11H,9-10H2,1-2H3. The minimum absolute atomic E-state index is 0.0203. The predicted molar refractivity (Wildman–Crippen MR) is 97.4 cm³/mol. The summed E-state index contributed by atoms with van der Waals surface area (Å²) in [5.41, 5.74) is 1.36. The highest BCUT2D eigenvalue weighted by molar-refractivity contribution is 7.09. The van der Waals surface area contributed by atoms with E-state index in [1.54, 1.807) is 35.3 Å². The number of carbonyl (C=O) groups excluding carboxylic acids is 2. The smallest absolute Gasteiger partial charge is 0.355 e. The topological polar surface area (TPSA) is 70.4 Å². The van der Waals surface area contributed by atoms with Crippen LogP contribution in [0.2, 0.25) is 0 Å². The molecule has 8 heteroatoms. The second-order valence-corrected chi connectivity index (χ2v) is 6.78. The molecule has 0 atom stereocenters. The van der Waals surface area contributed by atoms with Gasteiger partial charge in [0.2, 0.25) is 0 Å². The molecule has 0 amide bonds. The number of rotatable bonds is 7. The van der Waals surface area contributed by atoms with Gasteiger partial charge < -0.3 is 14.0 Å². The Hall–Kier alpha value is -3.00. The third-order valence-corrected chi connectivity index (χ3v) is 4.62. The van der Waals surface area contributed by atoms with E-state index in [4.69, 9.17) is 9.47 Å². The molecule has 0 radical (unpaired) electrons. The Bertz CT molecular complexity index is 963. The minimum Gasteiger partial charge on any atom is -0.486 e. The fourth-order valence-corrected chi connectivity index (χ4v) is 3.02. The summed E-state index contributed by atoms with van der Waals surface area (Å²) in [6.07, 6.45) is 1.59. The van der Waals surface area contributed by atoms with E-state index in [1.165, 1.54) is 36.5 Å². The molecule has 0 bridgehead atoms. The number of nitrogens with zero attached hydrogens (tertiary/aromatic N) is 2. The first-order valence-corrected chi connectivity index (χ1v) is 8.96. The van der Waals surface area contributed by atoms with Crippen molar-refractivity contribution in [3.8, 4) is 5.75 Å². The van der Waals surface area contributed by atoms with E-state index in [0.29, 0.717) is 27.7 Å². The Morgan fingerprint density at radius 1 is 1.22 bits per heavy atom. The molecule has 0 saturated heterocycles. The third-order valence-electron chi connectivity index (χ3n) is 3.75. The van der Waals surface area contributed by atoms with Gasteiger partial charge in [-0.3, -0.25) is 4.79 Å². The van der Waals surface area contributed by atoms with E-state index in [9.17, 15) is 14.0 Å². The van der Waals surface area contributed by atoms with Gasteiger partial charge in [0.1, 0.15) is 35.5 Å². The maximum atomic E-state index is 12.9. The van der Waals surface area contributed by atoms with Crippen LogP contribution in [0.25, 0.3) is 0 Å². The summed E-state index contributed by atoms with van der Waals surface area (Å²) in [6.45, 7) is 1.70. The molecule has 140 valence electrons. The third kappa shape index (κ3) is 4.79. The zero-order valence-corrected chi connectivity index (χ0v) is 15.6. The fraction of sp³-hybridized carbons (Fsp3) is 0.211. The monoisotopic (exact) mass is 388 g/mol. The van der Waals surface area contributed by atoms with Crippen LogP contribution >= 0.6 is 11.3 Å². The van der Waals surface area contributed by atoms with Crippen molar-refractivity contribution in [2.75, 3.05) is 0 Å². The second-order valence-electron chi connectivity index (χ2n) is 5.83. The molecule has 3 aromatic rings. The molecule has 0 aliphatic rings. The zero-order valence-electron chi connectivity index (χ0n) is 14.8. The molecule has 0 aliphatic carbocycles.